The van der Waals surface area contributed by atoms with E-state index in [2.05, 4.69) is 16.4 Å². The van der Waals surface area contributed by atoms with E-state index in [1.807, 2.05) is 31.3 Å². The van der Waals surface area contributed by atoms with Crippen LogP contribution < -0.4 is 5.32 Å². The van der Waals surface area contributed by atoms with Crippen LogP contribution in [0.3, 0.4) is 0 Å². The molecule has 0 spiro atoms. The number of H-pyrrole nitrogens is 1. The molecule has 3 aromatic rings. The topological polar surface area (TPSA) is 71.2 Å². The SMILES string of the molecule is CCCCOC(=O)c1ccc(NC(=O)CCc2c[nH]c3ccccc23)cc1. The lowest BCUT2D eigenvalue weighted by Crippen LogP contribution is -2.12. The minimum absolute atomic E-state index is 0.0569. The highest BCUT2D eigenvalue weighted by molar-refractivity contribution is 5.93. The number of carbonyl (C=O) groups excluding carboxylic acids is 2. The summed E-state index contributed by atoms with van der Waals surface area (Å²) in [7, 11) is 0. The lowest BCUT2D eigenvalue weighted by atomic mass is 10.1. The summed E-state index contributed by atoms with van der Waals surface area (Å²) in [5, 5.41) is 4.02. The number of benzene rings is 2. The molecule has 1 heterocycles. The van der Waals surface area contributed by atoms with Crippen LogP contribution in [-0.4, -0.2) is 23.5 Å². The minimum atomic E-state index is -0.333. The molecule has 0 atom stereocenters. The van der Waals surface area contributed by atoms with Crippen LogP contribution in [0.2, 0.25) is 0 Å². The number of anilines is 1. The zero-order chi connectivity index (χ0) is 19.1. The Morgan fingerprint density at radius 2 is 1.85 bits per heavy atom. The van der Waals surface area contributed by atoms with Crippen LogP contribution in [0.1, 0.15) is 42.1 Å². The maximum Gasteiger partial charge on any atom is 0.338 e. The molecule has 27 heavy (non-hydrogen) atoms. The van der Waals surface area contributed by atoms with Gasteiger partial charge in [-0.1, -0.05) is 31.5 Å². The second-order valence-electron chi connectivity index (χ2n) is 6.47. The van der Waals surface area contributed by atoms with E-state index >= 15 is 0 Å². The van der Waals surface area contributed by atoms with Crippen molar-refractivity contribution in [3.63, 3.8) is 0 Å². The summed E-state index contributed by atoms with van der Waals surface area (Å²) >= 11 is 0. The summed E-state index contributed by atoms with van der Waals surface area (Å²) in [6.07, 6.45) is 4.85. The van der Waals surface area contributed by atoms with E-state index in [1.165, 1.54) is 0 Å². The Hall–Kier alpha value is -3.08. The maximum atomic E-state index is 12.2. The number of aromatic amines is 1. The molecule has 0 aliphatic rings. The standard InChI is InChI=1S/C22H24N2O3/c1-2-3-14-27-22(26)16-8-11-18(12-9-16)24-21(25)13-10-17-15-23-20-7-5-4-6-19(17)20/h4-9,11-12,15,23H,2-3,10,13-14H2,1H3,(H,24,25). The Kier molecular flexibility index (Phi) is 6.26. The molecule has 0 radical (unpaired) electrons. The predicted molar refractivity (Wildman–Crippen MR) is 107 cm³/mol. The summed E-state index contributed by atoms with van der Waals surface area (Å²) in [5.74, 6) is -0.390. The van der Waals surface area contributed by atoms with Gasteiger partial charge in [0.05, 0.1) is 12.2 Å². The molecule has 0 saturated carbocycles. The van der Waals surface area contributed by atoms with Gasteiger partial charge in [0.1, 0.15) is 0 Å². The highest BCUT2D eigenvalue weighted by Crippen LogP contribution is 2.19. The third-order valence-corrected chi connectivity index (χ3v) is 4.43. The number of hydrogen-bond donors (Lipinski definition) is 2. The number of hydrogen-bond acceptors (Lipinski definition) is 3. The van der Waals surface area contributed by atoms with Crippen molar-refractivity contribution in [3.8, 4) is 0 Å². The van der Waals surface area contributed by atoms with Gasteiger partial charge in [-0.15, -0.1) is 0 Å². The fraction of sp³-hybridized carbons (Fsp3) is 0.273. The Morgan fingerprint density at radius 3 is 2.63 bits per heavy atom. The zero-order valence-corrected chi connectivity index (χ0v) is 15.5. The largest absolute Gasteiger partial charge is 0.462 e. The lowest BCUT2D eigenvalue weighted by molar-refractivity contribution is -0.116. The molecule has 0 bridgehead atoms. The van der Waals surface area contributed by atoms with Crippen LogP contribution in [0.5, 0.6) is 0 Å². The number of para-hydroxylation sites is 1. The highest BCUT2D eigenvalue weighted by atomic mass is 16.5. The molecule has 0 saturated heterocycles. The molecular weight excluding hydrogens is 340 g/mol. The number of esters is 1. The van der Waals surface area contributed by atoms with Crippen LogP contribution in [0.15, 0.2) is 54.7 Å². The van der Waals surface area contributed by atoms with E-state index in [1.54, 1.807) is 24.3 Å². The first-order valence-electron chi connectivity index (χ1n) is 9.29. The Balaban J connectivity index is 1.51. The normalized spacial score (nSPS) is 10.7. The van der Waals surface area contributed by atoms with Gasteiger partial charge < -0.3 is 15.0 Å². The van der Waals surface area contributed by atoms with Crippen molar-refractivity contribution in [2.75, 3.05) is 11.9 Å². The number of unbranched alkanes of at least 4 members (excludes halogenated alkanes) is 1. The number of ether oxygens (including phenoxy) is 1. The third-order valence-electron chi connectivity index (χ3n) is 4.43. The van der Waals surface area contributed by atoms with Gasteiger partial charge >= 0.3 is 5.97 Å². The lowest BCUT2D eigenvalue weighted by Gasteiger charge is -2.07. The van der Waals surface area contributed by atoms with Crippen LogP contribution in [0.4, 0.5) is 5.69 Å². The van der Waals surface area contributed by atoms with Gasteiger partial charge in [0.25, 0.3) is 0 Å². The van der Waals surface area contributed by atoms with Crippen LogP contribution in [-0.2, 0) is 16.0 Å². The average Bonchev–Trinajstić information content (AvgIpc) is 3.10. The number of aryl methyl sites for hydroxylation is 1. The monoisotopic (exact) mass is 364 g/mol. The molecule has 0 fully saturated rings. The number of nitrogens with one attached hydrogen (secondary N) is 2. The molecule has 5 heteroatoms. The summed E-state index contributed by atoms with van der Waals surface area (Å²) in [5.41, 5.74) is 3.37. The van der Waals surface area contributed by atoms with Gasteiger partial charge in [-0.3, -0.25) is 4.79 Å². The first-order chi connectivity index (χ1) is 13.2. The first kappa shape index (κ1) is 18.7. The molecular formula is C22H24N2O3. The second kappa shape index (κ2) is 9.03. The fourth-order valence-corrected chi connectivity index (χ4v) is 2.89. The van der Waals surface area contributed by atoms with Gasteiger partial charge in [0.2, 0.25) is 5.91 Å². The Labute approximate surface area is 158 Å². The van der Waals surface area contributed by atoms with Crippen molar-refractivity contribution >= 4 is 28.5 Å². The summed E-state index contributed by atoms with van der Waals surface area (Å²) < 4.78 is 5.18. The number of amides is 1. The van der Waals surface area contributed by atoms with Crippen molar-refractivity contribution < 1.29 is 14.3 Å². The zero-order valence-electron chi connectivity index (χ0n) is 15.5. The Morgan fingerprint density at radius 1 is 1.07 bits per heavy atom. The second-order valence-corrected chi connectivity index (χ2v) is 6.47. The van der Waals surface area contributed by atoms with Gasteiger partial charge in [-0.05, 0) is 48.7 Å². The molecule has 2 N–H and O–H groups in total. The minimum Gasteiger partial charge on any atom is -0.462 e. The summed E-state index contributed by atoms with van der Waals surface area (Å²) in [6.45, 7) is 2.48. The molecule has 0 unspecified atom stereocenters. The van der Waals surface area contributed by atoms with E-state index < -0.39 is 0 Å². The smallest absolute Gasteiger partial charge is 0.338 e. The molecule has 2 aromatic carbocycles. The van der Waals surface area contributed by atoms with Gasteiger partial charge in [-0.25, -0.2) is 4.79 Å². The van der Waals surface area contributed by atoms with E-state index in [0.29, 0.717) is 30.7 Å². The van der Waals surface area contributed by atoms with E-state index in [-0.39, 0.29) is 11.9 Å². The number of carbonyl (C=O) groups is 2. The molecule has 0 aliphatic carbocycles. The van der Waals surface area contributed by atoms with Crippen molar-refractivity contribution in [1.29, 1.82) is 0 Å². The third kappa shape index (κ3) is 4.97. The van der Waals surface area contributed by atoms with Crippen molar-refractivity contribution in [2.24, 2.45) is 0 Å². The molecule has 1 amide bonds. The van der Waals surface area contributed by atoms with Gasteiger partial charge in [0, 0.05) is 29.2 Å². The quantitative estimate of drug-likeness (QED) is 0.450. The first-order valence-corrected chi connectivity index (χ1v) is 9.29. The van der Waals surface area contributed by atoms with Crippen molar-refractivity contribution in [3.05, 3.63) is 65.9 Å². The van der Waals surface area contributed by atoms with Crippen LogP contribution >= 0.6 is 0 Å². The Bertz CT molecular complexity index is 913. The number of fused-ring (bicyclic) bond motifs is 1. The van der Waals surface area contributed by atoms with Crippen LogP contribution in [0.25, 0.3) is 10.9 Å². The molecule has 1 aromatic heterocycles. The predicted octanol–water partition coefficient (Wildman–Crippen LogP) is 4.70. The molecule has 3 rings (SSSR count). The highest BCUT2D eigenvalue weighted by Gasteiger charge is 2.09. The summed E-state index contributed by atoms with van der Waals surface area (Å²) in [6, 6.07) is 14.8. The maximum absolute atomic E-state index is 12.2. The van der Waals surface area contributed by atoms with Gasteiger partial charge in [0.15, 0.2) is 0 Å². The number of aromatic nitrogens is 1. The number of rotatable bonds is 8. The van der Waals surface area contributed by atoms with E-state index in [4.69, 9.17) is 4.74 Å². The van der Waals surface area contributed by atoms with E-state index in [9.17, 15) is 9.59 Å². The fourth-order valence-electron chi connectivity index (χ4n) is 2.89. The van der Waals surface area contributed by atoms with E-state index in [0.717, 1.165) is 29.3 Å². The van der Waals surface area contributed by atoms with Crippen molar-refractivity contribution in [1.82, 2.24) is 4.98 Å². The molecule has 140 valence electrons. The van der Waals surface area contributed by atoms with Crippen LogP contribution in [0, 0.1) is 0 Å². The van der Waals surface area contributed by atoms with Gasteiger partial charge in [-0.2, -0.15) is 0 Å². The average molecular weight is 364 g/mol. The summed E-state index contributed by atoms with van der Waals surface area (Å²) in [4.78, 5) is 27.3. The molecule has 5 nitrogen and oxygen atoms in total. The molecule has 0 aliphatic heterocycles. The van der Waals surface area contributed by atoms with Crippen molar-refractivity contribution in [2.45, 2.75) is 32.6 Å².